The van der Waals surface area contributed by atoms with Gasteiger partial charge in [0.05, 0.1) is 13.2 Å². The molecule has 0 bridgehead atoms. The predicted octanol–water partition coefficient (Wildman–Crippen LogP) is 2.87. The average molecular weight is 266 g/mol. The molecule has 1 N–H and O–H groups in total. The molecule has 1 fully saturated rings. The molecular formula is C11H17Cl2NO2. The van der Waals surface area contributed by atoms with Gasteiger partial charge in [-0.3, -0.25) is 0 Å². The monoisotopic (exact) mass is 265 g/mol. The van der Waals surface area contributed by atoms with Crippen LogP contribution in [0.3, 0.4) is 0 Å². The molecule has 3 nitrogen and oxygen atoms in total. The largest absolute Gasteiger partial charge is 0.448 e. The van der Waals surface area contributed by atoms with E-state index in [1.165, 1.54) is 12.8 Å². The summed E-state index contributed by atoms with van der Waals surface area (Å²) in [5, 5.41) is 3.67. The number of hydrogen-bond donors (Lipinski definition) is 1. The molecule has 1 aliphatic carbocycles. The summed E-state index contributed by atoms with van der Waals surface area (Å²) < 4.78 is 10.7. The van der Waals surface area contributed by atoms with E-state index < -0.39 is 0 Å². The van der Waals surface area contributed by atoms with E-state index in [1.807, 2.05) is 6.07 Å². The van der Waals surface area contributed by atoms with Crippen molar-refractivity contribution in [3.8, 4) is 0 Å². The molecule has 1 saturated carbocycles. The Morgan fingerprint density at radius 2 is 2.25 bits per heavy atom. The molecule has 92 valence electrons. The van der Waals surface area contributed by atoms with Gasteiger partial charge in [0.15, 0.2) is 5.22 Å². The molecule has 5 heteroatoms. The van der Waals surface area contributed by atoms with Gasteiger partial charge in [-0.15, -0.1) is 12.4 Å². The minimum atomic E-state index is 0. The lowest BCUT2D eigenvalue weighted by molar-refractivity contribution is 0.125. The van der Waals surface area contributed by atoms with Crippen molar-refractivity contribution in [3.63, 3.8) is 0 Å². The van der Waals surface area contributed by atoms with Crippen molar-refractivity contribution in [2.75, 3.05) is 19.8 Å². The van der Waals surface area contributed by atoms with Crippen molar-refractivity contribution >= 4 is 24.0 Å². The first kappa shape index (κ1) is 13.8. The van der Waals surface area contributed by atoms with Gasteiger partial charge < -0.3 is 14.5 Å². The molecule has 0 radical (unpaired) electrons. The van der Waals surface area contributed by atoms with Gasteiger partial charge in [0.1, 0.15) is 5.76 Å². The number of furan rings is 1. The van der Waals surface area contributed by atoms with Gasteiger partial charge in [-0.25, -0.2) is 0 Å². The SMILES string of the molecule is Cl.Clc1ccc(CNCCOCC2CC2)o1. The Labute approximate surface area is 107 Å². The van der Waals surface area contributed by atoms with Gasteiger partial charge >= 0.3 is 0 Å². The first-order valence-corrected chi connectivity index (χ1v) is 5.75. The highest BCUT2D eigenvalue weighted by Crippen LogP contribution is 2.28. The highest BCUT2D eigenvalue weighted by Gasteiger charge is 2.20. The first-order valence-electron chi connectivity index (χ1n) is 5.37. The summed E-state index contributed by atoms with van der Waals surface area (Å²) in [6.45, 7) is 3.25. The Morgan fingerprint density at radius 3 is 2.88 bits per heavy atom. The Kier molecular flexibility index (Phi) is 6.21. The molecule has 2 rings (SSSR count). The highest BCUT2D eigenvalue weighted by molar-refractivity contribution is 6.28. The lowest BCUT2D eigenvalue weighted by Crippen LogP contribution is -2.19. The maximum absolute atomic E-state index is 5.65. The standard InChI is InChI=1S/C11H16ClNO2.ClH/c12-11-4-3-10(15-11)7-13-5-6-14-8-9-1-2-9;/h3-4,9,13H,1-2,5-8H2;1H. The molecule has 1 heterocycles. The second-order valence-corrected chi connectivity index (χ2v) is 4.27. The maximum Gasteiger partial charge on any atom is 0.193 e. The third-order valence-corrected chi connectivity index (χ3v) is 2.60. The van der Waals surface area contributed by atoms with Gasteiger partial charge in [-0.2, -0.15) is 0 Å². The highest BCUT2D eigenvalue weighted by atomic mass is 35.5. The molecule has 0 spiro atoms. The summed E-state index contributed by atoms with van der Waals surface area (Å²) in [7, 11) is 0. The third-order valence-electron chi connectivity index (χ3n) is 2.40. The Morgan fingerprint density at radius 1 is 1.44 bits per heavy atom. The van der Waals surface area contributed by atoms with Crippen molar-refractivity contribution in [1.82, 2.24) is 5.32 Å². The van der Waals surface area contributed by atoms with Gasteiger partial charge in [-0.1, -0.05) is 0 Å². The zero-order chi connectivity index (χ0) is 10.5. The number of hydrogen-bond acceptors (Lipinski definition) is 3. The second-order valence-electron chi connectivity index (χ2n) is 3.90. The normalized spacial score (nSPS) is 14.8. The van der Waals surface area contributed by atoms with Crippen LogP contribution >= 0.6 is 24.0 Å². The zero-order valence-electron chi connectivity index (χ0n) is 9.08. The van der Waals surface area contributed by atoms with Crippen molar-refractivity contribution in [2.24, 2.45) is 5.92 Å². The molecular weight excluding hydrogens is 249 g/mol. The van der Waals surface area contributed by atoms with Gasteiger partial charge in [0, 0.05) is 13.2 Å². The van der Waals surface area contributed by atoms with E-state index in [4.69, 9.17) is 20.8 Å². The van der Waals surface area contributed by atoms with E-state index in [9.17, 15) is 0 Å². The van der Waals surface area contributed by atoms with Gasteiger partial charge in [0.2, 0.25) is 0 Å². The average Bonchev–Trinajstić information content (AvgIpc) is 2.95. The van der Waals surface area contributed by atoms with E-state index in [-0.39, 0.29) is 12.4 Å². The lowest BCUT2D eigenvalue weighted by Gasteiger charge is -2.03. The van der Waals surface area contributed by atoms with E-state index >= 15 is 0 Å². The minimum Gasteiger partial charge on any atom is -0.448 e. The van der Waals surface area contributed by atoms with Crippen LogP contribution in [0.5, 0.6) is 0 Å². The van der Waals surface area contributed by atoms with Crippen LogP contribution in [0.15, 0.2) is 16.5 Å². The molecule has 0 amide bonds. The smallest absolute Gasteiger partial charge is 0.193 e. The predicted molar refractivity (Wildman–Crippen MR) is 66.2 cm³/mol. The van der Waals surface area contributed by atoms with Crippen molar-refractivity contribution in [1.29, 1.82) is 0 Å². The van der Waals surface area contributed by atoms with Crippen LogP contribution in [0.4, 0.5) is 0 Å². The molecule has 0 saturated heterocycles. The Hall–Kier alpha value is -0.220. The summed E-state index contributed by atoms with van der Waals surface area (Å²) in [6.07, 6.45) is 2.69. The van der Waals surface area contributed by atoms with Crippen molar-refractivity contribution in [2.45, 2.75) is 19.4 Å². The molecule has 0 aromatic carbocycles. The van der Waals surface area contributed by atoms with Crippen molar-refractivity contribution < 1.29 is 9.15 Å². The van der Waals surface area contributed by atoms with Gasteiger partial charge in [0.25, 0.3) is 0 Å². The van der Waals surface area contributed by atoms with E-state index in [2.05, 4.69) is 5.32 Å². The Bertz CT molecular complexity index is 300. The zero-order valence-corrected chi connectivity index (χ0v) is 10.6. The molecule has 16 heavy (non-hydrogen) atoms. The van der Waals surface area contributed by atoms with Crippen LogP contribution in [0, 0.1) is 5.92 Å². The number of halogens is 2. The fourth-order valence-corrected chi connectivity index (χ4v) is 1.50. The Balaban J connectivity index is 0.00000128. The summed E-state index contributed by atoms with van der Waals surface area (Å²) in [4.78, 5) is 0. The second kappa shape index (κ2) is 7.17. The maximum atomic E-state index is 5.65. The summed E-state index contributed by atoms with van der Waals surface area (Å²) in [5.41, 5.74) is 0. The van der Waals surface area contributed by atoms with E-state index in [0.717, 1.165) is 31.4 Å². The summed E-state index contributed by atoms with van der Waals surface area (Å²) >= 11 is 5.65. The number of ether oxygens (including phenoxy) is 1. The quantitative estimate of drug-likeness (QED) is 0.770. The fourth-order valence-electron chi connectivity index (χ4n) is 1.34. The molecule has 1 aliphatic rings. The van der Waals surface area contributed by atoms with Crippen LogP contribution in [-0.4, -0.2) is 19.8 Å². The molecule has 1 aromatic heterocycles. The lowest BCUT2D eigenvalue weighted by atomic mass is 10.4. The molecule has 0 aliphatic heterocycles. The fraction of sp³-hybridized carbons (Fsp3) is 0.636. The minimum absolute atomic E-state index is 0. The molecule has 1 aromatic rings. The van der Waals surface area contributed by atoms with Crippen LogP contribution in [0.1, 0.15) is 18.6 Å². The van der Waals surface area contributed by atoms with Crippen LogP contribution in [0.2, 0.25) is 5.22 Å². The molecule has 0 atom stereocenters. The van der Waals surface area contributed by atoms with Gasteiger partial charge in [-0.05, 0) is 42.5 Å². The van der Waals surface area contributed by atoms with Crippen LogP contribution in [-0.2, 0) is 11.3 Å². The third kappa shape index (κ3) is 5.21. The number of nitrogens with one attached hydrogen (secondary N) is 1. The summed E-state index contributed by atoms with van der Waals surface area (Å²) in [5.74, 6) is 1.70. The first-order chi connectivity index (χ1) is 7.34. The summed E-state index contributed by atoms with van der Waals surface area (Å²) in [6, 6.07) is 3.63. The molecule has 0 unspecified atom stereocenters. The topological polar surface area (TPSA) is 34.4 Å². The number of rotatable bonds is 7. The van der Waals surface area contributed by atoms with Crippen LogP contribution in [0.25, 0.3) is 0 Å². The van der Waals surface area contributed by atoms with E-state index in [0.29, 0.717) is 11.8 Å². The van der Waals surface area contributed by atoms with Crippen LogP contribution < -0.4 is 5.32 Å². The van der Waals surface area contributed by atoms with E-state index in [1.54, 1.807) is 6.07 Å². The van der Waals surface area contributed by atoms with Crippen molar-refractivity contribution in [3.05, 3.63) is 23.1 Å².